The van der Waals surface area contributed by atoms with Crippen molar-refractivity contribution in [2.75, 3.05) is 98.4 Å². The smallest absolute Gasteiger partial charge is 0.221 e. The molecule has 0 aliphatic rings. The summed E-state index contributed by atoms with van der Waals surface area (Å²) in [6.45, 7) is 6.02. The summed E-state index contributed by atoms with van der Waals surface area (Å²) in [5.74, 6) is 4.68. The standard InChI is InChI=1S/C47H69N9O10/c1-32-53-30-35(45(48)55-32)24-33-26-37(59-2)43(38(27-33)60-3)65-20-10-6-14-41(57)51-16-8-12-18-63-22-23-64-19-13-9-17-52-42(58)15-7-11-21-66-44-39(61-4)28-34(29-40(44)62-5)25-36-31-54-47(50)56-46(36)49/h26-31H,6-25H2,1-5H3,(H,51,57)(H,52,58)(H2,48,53,55)(H4,49,50,54,56). The van der Waals surface area contributed by atoms with Crippen LogP contribution >= 0.6 is 0 Å². The summed E-state index contributed by atoms with van der Waals surface area (Å²) < 4.78 is 45.8. The first kappa shape index (κ1) is 52.3. The van der Waals surface area contributed by atoms with Gasteiger partial charge in [-0.2, -0.15) is 4.98 Å². The molecule has 19 nitrogen and oxygen atoms in total. The maximum absolute atomic E-state index is 12.3. The topological polar surface area (TPSA) is 262 Å². The minimum atomic E-state index is 0.0101. The van der Waals surface area contributed by atoms with Crippen LogP contribution in [0.5, 0.6) is 34.5 Å². The SMILES string of the molecule is COc1cc(Cc2cnc(C)nc2N)cc(OC)c1OCCCCC(=O)NCCCCOCCOCCCCNC(=O)CCCCOc1c(OC)cc(Cc2cnc(N)nc2N)cc1OC. The number of nitrogens with one attached hydrogen (secondary N) is 2. The molecule has 0 spiro atoms. The van der Waals surface area contributed by atoms with E-state index in [4.69, 9.17) is 55.1 Å². The van der Waals surface area contributed by atoms with Crippen molar-refractivity contribution in [3.63, 3.8) is 0 Å². The lowest BCUT2D eigenvalue weighted by Gasteiger charge is -2.16. The minimum absolute atomic E-state index is 0.0101. The van der Waals surface area contributed by atoms with Crippen LogP contribution in [0.25, 0.3) is 0 Å². The number of nitrogen functional groups attached to an aromatic ring is 3. The molecule has 4 rings (SSSR count). The van der Waals surface area contributed by atoms with Crippen molar-refractivity contribution in [1.82, 2.24) is 30.6 Å². The molecule has 362 valence electrons. The Morgan fingerprint density at radius 1 is 0.530 bits per heavy atom. The molecule has 2 amide bonds. The largest absolute Gasteiger partial charge is 0.493 e. The number of rotatable bonds is 33. The molecule has 66 heavy (non-hydrogen) atoms. The quantitative estimate of drug-likeness (QED) is 0.0386. The fraction of sp³-hybridized carbons (Fsp3) is 0.532. The molecule has 2 aromatic heterocycles. The fourth-order valence-corrected chi connectivity index (χ4v) is 6.75. The first-order chi connectivity index (χ1) is 32.0. The van der Waals surface area contributed by atoms with Crippen molar-refractivity contribution in [3.05, 3.63) is 64.7 Å². The van der Waals surface area contributed by atoms with E-state index in [1.807, 2.05) is 24.3 Å². The Bertz CT molecular complexity index is 1910. The van der Waals surface area contributed by atoms with Crippen molar-refractivity contribution < 1.29 is 47.5 Å². The van der Waals surface area contributed by atoms with Crippen molar-refractivity contribution in [1.29, 1.82) is 0 Å². The Hall–Kier alpha value is -6.34. The van der Waals surface area contributed by atoms with Gasteiger partial charge in [0, 0.05) is 75.5 Å². The van der Waals surface area contributed by atoms with Crippen LogP contribution in [-0.2, 0) is 31.9 Å². The predicted molar refractivity (Wildman–Crippen MR) is 252 cm³/mol. The Balaban J connectivity index is 0.937. The highest BCUT2D eigenvalue weighted by Crippen LogP contribution is 2.40. The highest BCUT2D eigenvalue weighted by molar-refractivity contribution is 5.76. The number of hydrogen-bond donors (Lipinski definition) is 5. The number of methoxy groups -OCH3 is 4. The zero-order valence-corrected chi connectivity index (χ0v) is 39.2. The van der Waals surface area contributed by atoms with Crippen LogP contribution in [0.1, 0.15) is 92.3 Å². The number of aromatic nitrogens is 4. The Labute approximate surface area is 388 Å². The highest BCUT2D eigenvalue weighted by Gasteiger charge is 2.18. The number of unbranched alkanes of at least 4 members (excludes halogenated alkanes) is 4. The first-order valence-corrected chi connectivity index (χ1v) is 22.4. The van der Waals surface area contributed by atoms with E-state index in [1.165, 1.54) is 0 Å². The Morgan fingerprint density at radius 2 is 0.939 bits per heavy atom. The molecule has 0 aliphatic heterocycles. The third-order valence-electron chi connectivity index (χ3n) is 10.3. The van der Waals surface area contributed by atoms with Gasteiger partial charge in [-0.25, -0.2) is 15.0 Å². The summed E-state index contributed by atoms with van der Waals surface area (Å²) >= 11 is 0. The molecule has 0 saturated carbocycles. The number of carbonyl (C=O) groups is 2. The van der Waals surface area contributed by atoms with Gasteiger partial charge in [-0.1, -0.05) is 0 Å². The molecule has 19 heteroatoms. The monoisotopic (exact) mass is 920 g/mol. The molecule has 0 saturated heterocycles. The molecule has 0 fully saturated rings. The maximum Gasteiger partial charge on any atom is 0.221 e. The van der Waals surface area contributed by atoms with Crippen molar-refractivity contribution in [2.24, 2.45) is 0 Å². The Morgan fingerprint density at radius 3 is 1.35 bits per heavy atom. The number of amides is 2. The molecule has 0 radical (unpaired) electrons. The summed E-state index contributed by atoms with van der Waals surface area (Å²) in [5.41, 5.74) is 21.1. The van der Waals surface area contributed by atoms with Gasteiger partial charge in [-0.3, -0.25) is 9.59 Å². The van der Waals surface area contributed by atoms with Crippen LogP contribution in [0.3, 0.4) is 0 Å². The molecule has 0 atom stereocenters. The number of ether oxygens (including phenoxy) is 8. The summed E-state index contributed by atoms with van der Waals surface area (Å²) in [4.78, 5) is 41.2. The van der Waals surface area contributed by atoms with E-state index in [9.17, 15) is 9.59 Å². The van der Waals surface area contributed by atoms with Crippen LogP contribution in [0.4, 0.5) is 17.6 Å². The molecule has 8 N–H and O–H groups in total. The summed E-state index contributed by atoms with van der Waals surface area (Å²) in [6, 6.07) is 7.50. The third-order valence-corrected chi connectivity index (χ3v) is 10.3. The highest BCUT2D eigenvalue weighted by atomic mass is 16.5. The molecule has 0 bridgehead atoms. The zero-order valence-electron chi connectivity index (χ0n) is 39.2. The number of anilines is 3. The molecule has 2 aromatic carbocycles. The Kier molecular flexibility index (Phi) is 23.2. The minimum Gasteiger partial charge on any atom is -0.493 e. The second-order valence-electron chi connectivity index (χ2n) is 15.4. The van der Waals surface area contributed by atoms with Crippen LogP contribution < -0.4 is 56.3 Å². The van der Waals surface area contributed by atoms with E-state index >= 15 is 0 Å². The second-order valence-corrected chi connectivity index (χ2v) is 15.4. The molecule has 0 aliphatic carbocycles. The average molecular weight is 920 g/mol. The summed E-state index contributed by atoms with van der Waals surface area (Å²) in [6.07, 6.45) is 11.2. The number of aryl methyl sites for hydroxylation is 1. The molecule has 2 heterocycles. The summed E-state index contributed by atoms with van der Waals surface area (Å²) in [7, 11) is 6.30. The number of nitrogens with two attached hydrogens (primary N) is 3. The third kappa shape index (κ3) is 18.3. The number of nitrogens with zero attached hydrogens (tertiary/aromatic N) is 4. The van der Waals surface area contributed by atoms with Gasteiger partial charge in [0.25, 0.3) is 0 Å². The van der Waals surface area contributed by atoms with Gasteiger partial charge < -0.3 is 65.7 Å². The lowest BCUT2D eigenvalue weighted by atomic mass is 10.1. The van der Waals surface area contributed by atoms with Crippen LogP contribution in [0, 0.1) is 6.92 Å². The maximum atomic E-state index is 12.3. The fourth-order valence-electron chi connectivity index (χ4n) is 6.75. The molecule has 4 aromatic rings. The van der Waals surface area contributed by atoms with Gasteiger partial charge >= 0.3 is 0 Å². The number of hydrogen-bond acceptors (Lipinski definition) is 17. The number of benzene rings is 2. The van der Waals surface area contributed by atoms with Crippen molar-refractivity contribution >= 4 is 29.4 Å². The lowest BCUT2D eigenvalue weighted by Crippen LogP contribution is -2.24. The zero-order chi connectivity index (χ0) is 47.5. The van der Waals surface area contributed by atoms with Crippen molar-refractivity contribution in [2.45, 2.75) is 84.0 Å². The average Bonchev–Trinajstić information content (AvgIpc) is 3.30. The number of carbonyl (C=O) groups excluding carboxylic acids is 2. The van der Waals surface area contributed by atoms with E-state index in [0.717, 1.165) is 47.9 Å². The molecular formula is C47H69N9O10. The van der Waals surface area contributed by atoms with Crippen LogP contribution in [-0.4, -0.2) is 113 Å². The molecular weight excluding hydrogens is 851 g/mol. The first-order valence-electron chi connectivity index (χ1n) is 22.4. The van der Waals surface area contributed by atoms with E-state index in [0.29, 0.717) is 156 Å². The van der Waals surface area contributed by atoms with E-state index < -0.39 is 0 Å². The van der Waals surface area contributed by atoms with Crippen LogP contribution in [0.2, 0.25) is 0 Å². The lowest BCUT2D eigenvalue weighted by molar-refractivity contribution is -0.122. The predicted octanol–water partition coefficient (Wildman–Crippen LogP) is 5.16. The van der Waals surface area contributed by atoms with E-state index in [-0.39, 0.29) is 17.8 Å². The van der Waals surface area contributed by atoms with E-state index in [2.05, 4.69) is 30.6 Å². The van der Waals surface area contributed by atoms with Crippen molar-refractivity contribution in [3.8, 4) is 34.5 Å². The second kappa shape index (κ2) is 29.2. The van der Waals surface area contributed by atoms with Crippen LogP contribution in [0.15, 0.2) is 36.7 Å². The molecule has 0 unspecified atom stereocenters. The van der Waals surface area contributed by atoms with Gasteiger partial charge in [0.2, 0.25) is 29.3 Å². The van der Waals surface area contributed by atoms with Gasteiger partial charge in [-0.05, 0) is 93.7 Å². The van der Waals surface area contributed by atoms with Gasteiger partial charge in [0.1, 0.15) is 17.5 Å². The normalized spacial score (nSPS) is 10.9. The van der Waals surface area contributed by atoms with Gasteiger partial charge in [-0.15, -0.1) is 0 Å². The van der Waals surface area contributed by atoms with E-state index in [1.54, 1.807) is 47.8 Å². The summed E-state index contributed by atoms with van der Waals surface area (Å²) in [5, 5.41) is 5.95. The van der Waals surface area contributed by atoms with Gasteiger partial charge in [0.15, 0.2) is 23.0 Å². The van der Waals surface area contributed by atoms with Gasteiger partial charge in [0.05, 0.1) is 54.9 Å².